The fraction of sp³-hybridized carbons (Fsp3) is 0.200. The van der Waals surface area contributed by atoms with Gasteiger partial charge in [0.1, 0.15) is 11.6 Å². The van der Waals surface area contributed by atoms with Crippen molar-refractivity contribution in [2.24, 2.45) is 0 Å². The zero-order chi connectivity index (χ0) is 17.4. The Morgan fingerprint density at radius 2 is 1.64 bits per heavy atom. The van der Waals surface area contributed by atoms with Crippen molar-refractivity contribution < 1.29 is 13.2 Å². The van der Waals surface area contributed by atoms with Gasteiger partial charge < -0.3 is 4.98 Å². The van der Waals surface area contributed by atoms with Crippen LogP contribution >= 0.6 is 0 Å². The van der Waals surface area contributed by atoms with Gasteiger partial charge in [0.25, 0.3) is 0 Å². The van der Waals surface area contributed by atoms with E-state index in [4.69, 9.17) is 0 Å². The zero-order valence-corrected chi connectivity index (χ0v) is 13.5. The molecule has 2 heterocycles. The van der Waals surface area contributed by atoms with Crippen molar-refractivity contribution in [2.45, 2.75) is 19.5 Å². The zero-order valence-electron chi connectivity index (χ0n) is 13.5. The predicted octanol–water partition coefficient (Wildman–Crippen LogP) is 4.66. The fourth-order valence-corrected chi connectivity index (χ4v) is 3.40. The third-order valence-electron chi connectivity index (χ3n) is 4.65. The molecule has 0 saturated carbocycles. The Hall–Kier alpha value is -2.53. The van der Waals surface area contributed by atoms with E-state index in [9.17, 15) is 13.2 Å². The normalized spacial score (nSPS) is 14.5. The molecule has 1 aliphatic rings. The summed E-state index contributed by atoms with van der Waals surface area (Å²) < 4.78 is 42.9. The van der Waals surface area contributed by atoms with Crippen molar-refractivity contribution >= 4 is 0 Å². The topological polar surface area (TPSA) is 19.0 Å². The van der Waals surface area contributed by atoms with Gasteiger partial charge in [0.15, 0.2) is 5.82 Å². The van der Waals surface area contributed by atoms with E-state index in [-0.39, 0.29) is 11.3 Å². The van der Waals surface area contributed by atoms with Crippen LogP contribution in [-0.2, 0) is 19.5 Å². The van der Waals surface area contributed by atoms with Crippen molar-refractivity contribution in [3.05, 3.63) is 82.8 Å². The number of hydrogen-bond acceptors (Lipinski definition) is 1. The summed E-state index contributed by atoms with van der Waals surface area (Å²) >= 11 is 0. The SMILES string of the molecule is Fc1cccc(F)c1-c1[nH]c2c(c1F)CN(Cc1ccccc1)CC2. The van der Waals surface area contributed by atoms with Gasteiger partial charge >= 0.3 is 0 Å². The van der Waals surface area contributed by atoms with E-state index in [0.29, 0.717) is 25.1 Å². The maximum absolute atomic E-state index is 14.9. The number of aromatic amines is 1. The highest BCUT2D eigenvalue weighted by atomic mass is 19.1. The second-order valence-electron chi connectivity index (χ2n) is 6.31. The number of nitrogens with zero attached hydrogens (tertiary/aromatic N) is 1. The van der Waals surface area contributed by atoms with E-state index in [1.165, 1.54) is 6.07 Å². The largest absolute Gasteiger partial charge is 0.355 e. The Morgan fingerprint density at radius 1 is 0.920 bits per heavy atom. The second kappa shape index (κ2) is 6.41. The van der Waals surface area contributed by atoms with Crippen LogP contribution in [0.4, 0.5) is 13.2 Å². The Balaban J connectivity index is 1.65. The molecule has 4 rings (SSSR count). The smallest absolute Gasteiger partial charge is 0.153 e. The monoisotopic (exact) mass is 342 g/mol. The van der Waals surface area contributed by atoms with E-state index < -0.39 is 17.5 Å². The second-order valence-corrected chi connectivity index (χ2v) is 6.31. The fourth-order valence-electron chi connectivity index (χ4n) is 3.40. The van der Waals surface area contributed by atoms with Gasteiger partial charge in [-0.3, -0.25) is 4.90 Å². The minimum Gasteiger partial charge on any atom is -0.355 e. The summed E-state index contributed by atoms with van der Waals surface area (Å²) in [6.45, 7) is 1.90. The number of H-pyrrole nitrogens is 1. The minimum atomic E-state index is -0.765. The van der Waals surface area contributed by atoms with Gasteiger partial charge in [-0.05, 0) is 17.7 Å². The van der Waals surface area contributed by atoms with Crippen molar-refractivity contribution in [2.75, 3.05) is 6.54 Å². The number of nitrogens with one attached hydrogen (secondary N) is 1. The number of halogens is 3. The van der Waals surface area contributed by atoms with Crippen LogP contribution in [0.3, 0.4) is 0 Å². The maximum atomic E-state index is 14.9. The molecule has 0 atom stereocenters. The van der Waals surface area contributed by atoms with Gasteiger partial charge in [-0.15, -0.1) is 0 Å². The molecule has 2 aromatic carbocycles. The van der Waals surface area contributed by atoms with Crippen LogP contribution in [0, 0.1) is 17.5 Å². The van der Waals surface area contributed by atoms with Crippen LogP contribution in [0.2, 0.25) is 0 Å². The molecule has 5 heteroatoms. The molecule has 2 nitrogen and oxygen atoms in total. The first-order chi connectivity index (χ1) is 12.1. The summed E-state index contributed by atoms with van der Waals surface area (Å²) in [5.41, 5.74) is 1.95. The van der Waals surface area contributed by atoms with Crippen LogP contribution in [0.5, 0.6) is 0 Å². The lowest BCUT2D eigenvalue weighted by Crippen LogP contribution is -2.30. The van der Waals surface area contributed by atoms with E-state index in [1.807, 2.05) is 30.3 Å². The van der Waals surface area contributed by atoms with Gasteiger partial charge in [-0.2, -0.15) is 0 Å². The van der Waals surface area contributed by atoms with Crippen molar-refractivity contribution in [3.8, 4) is 11.3 Å². The summed E-state index contributed by atoms with van der Waals surface area (Å²) in [4.78, 5) is 5.04. The quantitative estimate of drug-likeness (QED) is 0.734. The highest BCUT2D eigenvalue weighted by molar-refractivity contribution is 5.64. The summed E-state index contributed by atoms with van der Waals surface area (Å²) in [5.74, 6) is -2.09. The van der Waals surface area contributed by atoms with E-state index in [1.54, 1.807) is 0 Å². The summed E-state index contributed by atoms with van der Waals surface area (Å²) in [6.07, 6.45) is 0.620. The summed E-state index contributed by atoms with van der Waals surface area (Å²) in [6, 6.07) is 13.5. The van der Waals surface area contributed by atoms with Crippen molar-refractivity contribution in [1.29, 1.82) is 0 Å². The summed E-state index contributed by atoms with van der Waals surface area (Å²) in [5, 5.41) is 0. The van der Waals surface area contributed by atoms with Crippen LogP contribution in [0.15, 0.2) is 48.5 Å². The standard InChI is InChI=1S/C20H17F3N2/c21-15-7-4-8-16(22)18(15)20-19(23)14-12-25(10-9-17(14)24-20)11-13-5-2-1-3-6-13/h1-8,24H,9-12H2. The molecular formula is C20H17F3N2. The molecule has 0 saturated heterocycles. The van der Waals surface area contributed by atoms with Gasteiger partial charge in [0, 0.05) is 37.3 Å². The molecule has 0 radical (unpaired) electrons. The molecular weight excluding hydrogens is 325 g/mol. The Morgan fingerprint density at radius 3 is 2.36 bits per heavy atom. The lowest BCUT2D eigenvalue weighted by molar-refractivity contribution is 0.241. The third kappa shape index (κ3) is 2.96. The number of rotatable bonds is 3. The van der Waals surface area contributed by atoms with Crippen molar-refractivity contribution in [1.82, 2.24) is 9.88 Å². The van der Waals surface area contributed by atoms with E-state index in [0.717, 1.165) is 29.9 Å². The summed E-state index contributed by atoms with van der Waals surface area (Å²) in [7, 11) is 0. The van der Waals surface area contributed by atoms with E-state index in [2.05, 4.69) is 9.88 Å². The highest BCUT2D eigenvalue weighted by Crippen LogP contribution is 2.33. The molecule has 0 fully saturated rings. The first kappa shape index (κ1) is 16.0. The molecule has 1 N–H and O–H groups in total. The van der Waals surface area contributed by atoms with Gasteiger partial charge in [-0.1, -0.05) is 36.4 Å². The molecule has 128 valence electrons. The highest BCUT2D eigenvalue weighted by Gasteiger charge is 2.27. The first-order valence-electron chi connectivity index (χ1n) is 8.23. The minimum absolute atomic E-state index is 0.0952. The molecule has 0 spiro atoms. The molecule has 1 aromatic heterocycles. The number of aromatic nitrogens is 1. The molecule has 0 unspecified atom stereocenters. The van der Waals surface area contributed by atoms with Crippen LogP contribution < -0.4 is 0 Å². The van der Waals surface area contributed by atoms with Gasteiger partial charge in [0.05, 0.1) is 11.3 Å². The van der Waals surface area contributed by atoms with E-state index >= 15 is 0 Å². The number of fused-ring (bicyclic) bond motifs is 1. The lowest BCUT2D eigenvalue weighted by Gasteiger charge is -2.26. The molecule has 3 aromatic rings. The van der Waals surface area contributed by atoms with Crippen LogP contribution in [0.1, 0.15) is 16.8 Å². The first-order valence-corrected chi connectivity index (χ1v) is 8.23. The molecule has 25 heavy (non-hydrogen) atoms. The lowest BCUT2D eigenvalue weighted by atomic mass is 10.1. The average Bonchev–Trinajstić information content (AvgIpc) is 2.92. The number of benzene rings is 2. The molecule has 0 bridgehead atoms. The molecule has 0 aliphatic carbocycles. The maximum Gasteiger partial charge on any atom is 0.153 e. The Labute approximate surface area is 143 Å². The van der Waals surface area contributed by atoms with Crippen LogP contribution in [-0.4, -0.2) is 16.4 Å². The molecule has 1 aliphatic heterocycles. The average molecular weight is 342 g/mol. The Bertz CT molecular complexity index is 883. The van der Waals surface area contributed by atoms with Gasteiger partial charge in [0.2, 0.25) is 0 Å². The number of hydrogen-bond donors (Lipinski definition) is 1. The van der Waals surface area contributed by atoms with Crippen LogP contribution in [0.25, 0.3) is 11.3 Å². The predicted molar refractivity (Wildman–Crippen MR) is 90.4 cm³/mol. The third-order valence-corrected chi connectivity index (χ3v) is 4.65. The Kier molecular flexibility index (Phi) is 4.09. The van der Waals surface area contributed by atoms with Crippen molar-refractivity contribution in [3.63, 3.8) is 0 Å². The molecule has 0 amide bonds. The van der Waals surface area contributed by atoms with Gasteiger partial charge in [-0.25, -0.2) is 13.2 Å².